The Morgan fingerprint density at radius 2 is 2.64 bits per heavy atom. The van der Waals surface area contributed by atoms with E-state index in [1.807, 2.05) is 12.3 Å². The molecule has 0 aromatic carbocycles. The summed E-state index contributed by atoms with van der Waals surface area (Å²) in [5, 5.41) is 3.37. The maximum atomic E-state index is 4.25. The fourth-order valence-corrected chi connectivity index (χ4v) is 1.49. The number of hydrogen-bond acceptors (Lipinski definition) is 2. The zero-order valence-electron chi connectivity index (χ0n) is 6.67. The van der Waals surface area contributed by atoms with Crippen LogP contribution in [0, 0.1) is 0 Å². The Labute approximate surface area is 66.7 Å². The van der Waals surface area contributed by atoms with Crippen LogP contribution in [0.3, 0.4) is 0 Å². The van der Waals surface area contributed by atoms with E-state index >= 15 is 0 Å². The van der Waals surface area contributed by atoms with E-state index < -0.39 is 0 Å². The average Bonchev–Trinajstić information content (AvgIpc) is 2.46. The number of nitrogens with one attached hydrogen (secondary N) is 1. The molecule has 1 aromatic rings. The predicted octanol–water partition coefficient (Wildman–Crippen LogP) is 1.83. The van der Waals surface area contributed by atoms with Crippen molar-refractivity contribution in [3.63, 3.8) is 0 Å². The summed E-state index contributed by atoms with van der Waals surface area (Å²) >= 11 is 0. The zero-order chi connectivity index (χ0) is 7.68. The molecule has 1 unspecified atom stereocenters. The molecule has 0 radical (unpaired) electrons. The minimum absolute atomic E-state index is 0.611. The summed E-state index contributed by atoms with van der Waals surface area (Å²) in [6.07, 6.45) is 4.15. The number of fused-ring (bicyclic) bond motifs is 1. The van der Waals surface area contributed by atoms with Crippen molar-refractivity contribution >= 4 is 5.82 Å². The fourth-order valence-electron chi connectivity index (χ4n) is 1.49. The summed E-state index contributed by atoms with van der Waals surface area (Å²) in [5.74, 6) is 1.08. The highest BCUT2D eigenvalue weighted by molar-refractivity contribution is 5.50. The van der Waals surface area contributed by atoms with Crippen LogP contribution in [0.15, 0.2) is 18.3 Å². The molecule has 1 aromatic heterocycles. The minimum atomic E-state index is 0.611. The molecule has 1 atom stereocenters. The fraction of sp³-hybridized carbons (Fsp3) is 0.444. The first-order valence-electron chi connectivity index (χ1n) is 4.10. The van der Waals surface area contributed by atoms with Crippen LogP contribution in [-0.2, 0) is 6.42 Å². The Bertz CT molecular complexity index is 232. The molecule has 1 N–H and O–H groups in total. The monoisotopic (exact) mass is 148 g/mol. The molecule has 11 heavy (non-hydrogen) atoms. The Hall–Kier alpha value is -1.05. The normalized spacial score (nSPS) is 21.0. The van der Waals surface area contributed by atoms with Gasteiger partial charge >= 0.3 is 0 Å². The first-order chi connectivity index (χ1) is 5.40. The Kier molecular flexibility index (Phi) is 1.53. The smallest absolute Gasteiger partial charge is 0.129 e. The summed E-state index contributed by atoms with van der Waals surface area (Å²) in [6.45, 7) is 2.20. The quantitative estimate of drug-likeness (QED) is 0.657. The van der Waals surface area contributed by atoms with Gasteiger partial charge in [-0.15, -0.1) is 0 Å². The highest BCUT2D eigenvalue weighted by Crippen LogP contribution is 2.23. The lowest BCUT2D eigenvalue weighted by Gasteiger charge is -2.04. The topological polar surface area (TPSA) is 24.9 Å². The molecule has 0 fully saturated rings. The molecule has 0 saturated heterocycles. The van der Waals surface area contributed by atoms with Gasteiger partial charge in [-0.05, 0) is 24.5 Å². The van der Waals surface area contributed by atoms with E-state index in [2.05, 4.69) is 23.3 Å². The van der Waals surface area contributed by atoms with E-state index in [0.29, 0.717) is 6.04 Å². The van der Waals surface area contributed by atoms with E-state index in [-0.39, 0.29) is 0 Å². The third-order valence-electron chi connectivity index (χ3n) is 2.19. The van der Waals surface area contributed by atoms with Crippen LogP contribution in [0.1, 0.15) is 18.9 Å². The van der Waals surface area contributed by atoms with Crippen LogP contribution >= 0.6 is 0 Å². The average molecular weight is 148 g/mol. The van der Waals surface area contributed by atoms with Gasteiger partial charge in [0.2, 0.25) is 0 Å². The SMILES string of the molecule is CCC1Cc2cccnc2N1. The molecule has 2 heterocycles. The number of aromatic nitrogens is 1. The van der Waals surface area contributed by atoms with Crippen molar-refractivity contribution in [2.75, 3.05) is 5.32 Å². The van der Waals surface area contributed by atoms with Crippen LogP contribution in [0.5, 0.6) is 0 Å². The summed E-state index contributed by atoms with van der Waals surface area (Å²) in [4.78, 5) is 4.25. The van der Waals surface area contributed by atoms with Gasteiger partial charge in [0.1, 0.15) is 5.82 Å². The molecule has 0 saturated carbocycles. The van der Waals surface area contributed by atoms with Crippen molar-refractivity contribution in [1.29, 1.82) is 0 Å². The number of anilines is 1. The van der Waals surface area contributed by atoms with E-state index in [0.717, 1.165) is 12.2 Å². The molecule has 1 aliphatic heterocycles. The van der Waals surface area contributed by atoms with Gasteiger partial charge in [0.25, 0.3) is 0 Å². The molecule has 58 valence electrons. The molecule has 0 amide bonds. The first kappa shape index (κ1) is 6.65. The highest BCUT2D eigenvalue weighted by atomic mass is 15.0. The molecular formula is C9H12N2. The van der Waals surface area contributed by atoms with Crippen molar-refractivity contribution < 1.29 is 0 Å². The summed E-state index contributed by atoms with van der Waals surface area (Å²) in [6, 6.07) is 4.75. The second kappa shape index (κ2) is 2.53. The summed E-state index contributed by atoms with van der Waals surface area (Å²) in [7, 11) is 0. The van der Waals surface area contributed by atoms with Crippen LogP contribution in [-0.4, -0.2) is 11.0 Å². The van der Waals surface area contributed by atoms with Crippen molar-refractivity contribution in [2.24, 2.45) is 0 Å². The second-order valence-corrected chi connectivity index (χ2v) is 2.96. The van der Waals surface area contributed by atoms with Gasteiger partial charge in [0.15, 0.2) is 0 Å². The van der Waals surface area contributed by atoms with Gasteiger partial charge in [0, 0.05) is 12.2 Å². The summed E-state index contributed by atoms with van der Waals surface area (Å²) < 4.78 is 0. The second-order valence-electron chi connectivity index (χ2n) is 2.96. The summed E-state index contributed by atoms with van der Waals surface area (Å²) in [5.41, 5.74) is 1.36. The molecule has 0 aliphatic carbocycles. The lowest BCUT2D eigenvalue weighted by Crippen LogP contribution is -2.13. The molecule has 2 nitrogen and oxygen atoms in total. The van der Waals surface area contributed by atoms with E-state index in [9.17, 15) is 0 Å². The molecule has 2 heteroatoms. The molecule has 0 spiro atoms. The lowest BCUT2D eigenvalue weighted by molar-refractivity contribution is 0.723. The van der Waals surface area contributed by atoms with Crippen LogP contribution < -0.4 is 5.32 Å². The number of nitrogens with zero attached hydrogens (tertiary/aromatic N) is 1. The molecule has 1 aliphatic rings. The van der Waals surface area contributed by atoms with Gasteiger partial charge in [-0.1, -0.05) is 13.0 Å². The van der Waals surface area contributed by atoms with E-state index in [1.165, 1.54) is 12.0 Å². The Morgan fingerprint density at radius 3 is 3.36 bits per heavy atom. The number of rotatable bonds is 1. The maximum absolute atomic E-state index is 4.25. The molecule has 2 rings (SSSR count). The van der Waals surface area contributed by atoms with Crippen LogP contribution in [0.25, 0.3) is 0 Å². The van der Waals surface area contributed by atoms with Gasteiger partial charge in [-0.3, -0.25) is 0 Å². The van der Waals surface area contributed by atoms with Gasteiger partial charge < -0.3 is 5.32 Å². The van der Waals surface area contributed by atoms with E-state index in [4.69, 9.17) is 0 Å². The predicted molar refractivity (Wildman–Crippen MR) is 45.6 cm³/mol. The lowest BCUT2D eigenvalue weighted by atomic mass is 10.1. The Morgan fingerprint density at radius 1 is 1.73 bits per heavy atom. The first-order valence-corrected chi connectivity index (χ1v) is 4.10. The van der Waals surface area contributed by atoms with Crippen molar-refractivity contribution in [2.45, 2.75) is 25.8 Å². The minimum Gasteiger partial charge on any atom is -0.367 e. The van der Waals surface area contributed by atoms with Crippen LogP contribution in [0.4, 0.5) is 5.82 Å². The third-order valence-corrected chi connectivity index (χ3v) is 2.19. The van der Waals surface area contributed by atoms with E-state index in [1.54, 1.807) is 0 Å². The third kappa shape index (κ3) is 1.09. The molecule has 0 bridgehead atoms. The Balaban J connectivity index is 2.27. The van der Waals surface area contributed by atoms with Crippen LogP contribution in [0.2, 0.25) is 0 Å². The largest absolute Gasteiger partial charge is 0.367 e. The molecular weight excluding hydrogens is 136 g/mol. The number of pyridine rings is 1. The van der Waals surface area contributed by atoms with Gasteiger partial charge in [0.05, 0.1) is 0 Å². The van der Waals surface area contributed by atoms with Gasteiger partial charge in [-0.25, -0.2) is 4.98 Å². The standard InChI is InChI=1S/C9H12N2/c1-2-8-6-7-4-3-5-10-9(7)11-8/h3-5,8H,2,6H2,1H3,(H,10,11). The number of hydrogen-bond donors (Lipinski definition) is 1. The van der Waals surface area contributed by atoms with Crippen molar-refractivity contribution in [3.05, 3.63) is 23.9 Å². The van der Waals surface area contributed by atoms with Crippen molar-refractivity contribution in [1.82, 2.24) is 4.98 Å². The maximum Gasteiger partial charge on any atom is 0.129 e. The van der Waals surface area contributed by atoms with Gasteiger partial charge in [-0.2, -0.15) is 0 Å². The zero-order valence-corrected chi connectivity index (χ0v) is 6.67. The highest BCUT2D eigenvalue weighted by Gasteiger charge is 2.18. The van der Waals surface area contributed by atoms with Crippen molar-refractivity contribution in [3.8, 4) is 0 Å².